The first-order valence-electron chi connectivity index (χ1n) is 4.97. The Morgan fingerprint density at radius 2 is 2.31 bits per heavy atom. The number of likely N-dealkylation sites (tertiary alicyclic amines) is 1. The van der Waals surface area contributed by atoms with E-state index in [1.807, 2.05) is 0 Å². The Balaban J connectivity index is 2.09. The zero-order valence-corrected chi connectivity index (χ0v) is 8.97. The number of pyridine rings is 1. The fraction of sp³-hybridized carbons (Fsp3) is 0.364. The van der Waals surface area contributed by atoms with Crippen LogP contribution in [-0.2, 0) is 16.1 Å². The van der Waals surface area contributed by atoms with Crippen LogP contribution in [0, 0.1) is 0 Å². The van der Waals surface area contributed by atoms with Crippen LogP contribution < -0.4 is 4.74 Å². The minimum Gasteiger partial charge on any atom is -0.481 e. The minimum atomic E-state index is -0.110. The van der Waals surface area contributed by atoms with E-state index in [1.54, 1.807) is 18.3 Å². The number of ether oxygens (including phenoxy) is 1. The molecule has 84 valence electrons. The van der Waals surface area contributed by atoms with Crippen molar-refractivity contribution in [1.29, 1.82) is 0 Å². The number of amides is 1. The Labute approximate surface area is 93.0 Å². The number of hydrogen-bond donors (Lipinski definition) is 0. The van der Waals surface area contributed by atoms with Crippen molar-refractivity contribution in [3.8, 4) is 5.88 Å². The van der Waals surface area contributed by atoms with Crippen LogP contribution in [0.4, 0.5) is 0 Å². The average Bonchev–Trinajstić information content (AvgIpc) is 2.58. The van der Waals surface area contributed by atoms with Gasteiger partial charge in [-0.25, -0.2) is 4.98 Å². The van der Waals surface area contributed by atoms with Gasteiger partial charge in [0.25, 0.3) is 0 Å². The van der Waals surface area contributed by atoms with Gasteiger partial charge in [0.05, 0.1) is 20.1 Å². The van der Waals surface area contributed by atoms with Crippen LogP contribution in [-0.4, -0.2) is 35.2 Å². The van der Waals surface area contributed by atoms with E-state index in [0.717, 1.165) is 5.56 Å². The zero-order chi connectivity index (χ0) is 11.5. The van der Waals surface area contributed by atoms with E-state index in [9.17, 15) is 9.59 Å². The Bertz CT molecular complexity index is 431. The first-order valence-corrected chi connectivity index (χ1v) is 4.97. The standard InChI is InChI=1S/C11H12N2O3/c1-16-10-4-8(2-3-12-10)6-13-7-9(14)5-11(13)15/h2-4H,5-7H2,1H3. The highest BCUT2D eigenvalue weighted by Gasteiger charge is 2.27. The summed E-state index contributed by atoms with van der Waals surface area (Å²) in [6, 6.07) is 3.56. The van der Waals surface area contributed by atoms with Crippen LogP contribution in [0.15, 0.2) is 18.3 Å². The second kappa shape index (κ2) is 4.30. The minimum absolute atomic E-state index is 0.0222. The molecule has 0 bridgehead atoms. The molecule has 5 nitrogen and oxygen atoms in total. The Hall–Kier alpha value is -1.91. The molecule has 1 fully saturated rings. The van der Waals surface area contributed by atoms with Crippen LogP contribution in [0.1, 0.15) is 12.0 Å². The summed E-state index contributed by atoms with van der Waals surface area (Å²) in [5.74, 6) is 0.377. The van der Waals surface area contributed by atoms with E-state index < -0.39 is 0 Å². The van der Waals surface area contributed by atoms with Gasteiger partial charge in [0.15, 0.2) is 5.78 Å². The van der Waals surface area contributed by atoms with E-state index in [2.05, 4.69) is 4.98 Å². The van der Waals surface area contributed by atoms with E-state index in [1.165, 1.54) is 12.0 Å². The van der Waals surface area contributed by atoms with Gasteiger partial charge in [0.2, 0.25) is 11.8 Å². The molecule has 0 N–H and O–H groups in total. The van der Waals surface area contributed by atoms with Crippen molar-refractivity contribution in [2.45, 2.75) is 13.0 Å². The third-order valence-corrected chi connectivity index (χ3v) is 2.45. The van der Waals surface area contributed by atoms with E-state index in [-0.39, 0.29) is 24.7 Å². The van der Waals surface area contributed by atoms with Gasteiger partial charge in [0.1, 0.15) is 0 Å². The summed E-state index contributed by atoms with van der Waals surface area (Å²) in [4.78, 5) is 28.0. The summed E-state index contributed by atoms with van der Waals surface area (Å²) in [6.45, 7) is 0.646. The van der Waals surface area contributed by atoms with Gasteiger partial charge in [-0.05, 0) is 11.6 Å². The van der Waals surface area contributed by atoms with Crippen LogP contribution in [0.5, 0.6) is 5.88 Å². The number of nitrogens with zero attached hydrogens (tertiary/aromatic N) is 2. The molecule has 0 unspecified atom stereocenters. The lowest BCUT2D eigenvalue weighted by Gasteiger charge is -2.14. The molecule has 1 aliphatic heterocycles. The number of ketones is 1. The Kier molecular flexibility index (Phi) is 2.85. The molecule has 1 aromatic rings. The summed E-state index contributed by atoms with van der Waals surface area (Å²) in [7, 11) is 1.54. The second-order valence-electron chi connectivity index (χ2n) is 3.67. The Morgan fingerprint density at radius 1 is 1.50 bits per heavy atom. The molecule has 1 aliphatic rings. The van der Waals surface area contributed by atoms with Gasteiger partial charge in [-0.3, -0.25) is 9.59 Å². The van der Waals surface area contributed by atoms with Crippen LogP contribution in [0.25, 0.3) is 0 Å². The smallest absolute Gasteiger partial charge is 0.230 e. The van der Waals surface area contributed by atoms with Gasteiger partial charge >= 0.3 is 0 Å². The molecule has 1 aromatic heterocycles. The molecule has 0 atom stereocenters. The maximum atomic E-state index is 11.4. The van der Waals surface area contributed by atoms with Gasteiger partial charge in [-0.2, -0.15) is 0 Å². The molecular weight excluding hydrogens is 208 g/mol. The number of aromatic nitrogens is 1. The van der Waals surface area contributed by atoms with Crippen molar-refractivity contribution in [2.75, 3.05) is 13.7 Å². The molecule has 0 saturated carbocycles. The highest BCUT2D eigenvalue weighted by Crippen LogP contribution is 2.14. The van der Waals surface area contributed by atoms with Crippen molar-refractivity contribution in [3.05, 3.63) is 23.9 Å². The Morgan fingerprint density at radius 3 is 2.94 bits per heavy atom. The van der Waals surface area contributed by atoms with E-state index in [4.69, 9.17) is 4.74 Å². The van der Waals surface area contributed by atoms with Crippen molar-refractivity contribution < 1.29 is 14.3 Å². The largest absolute Gasteiger partial charge is 0.481 e. The predicted octanol–water partition coefficient (Wildman–Crippen LogP) is 0.392. The molecule has 5 heteroatoms. The molecule has 2 heterocycles. The SMILES string of the molecule is COc1cc(CN2CC(=O)CC2=O)ccn1. The first-order chi connectivity index (χ1) is 7.69. The number of carbonyl (C=O) groups is 2. The third kappa shape index (κ3) is 2.18. The van der Waals surface area contributed by atoms with Gasteiger partial charge < -0.3 is 9.64 Å². The van der Waals surface area contributed by atoms with Gasteiger partial charge in [0, 0.05) is 18.8 Å². The maximum absolute atomic E-state index is 11.4. The summed E-state index contributed by atoms with van der Waals surface area (Å²) >= 11 is 0. The molecule has 0 radical (unpaired) electrons. The van der Waals surface area contributed by atoms with Crippen molar-refractivity contribution in [1.82, 2.24) is 9.88 Å². The quantitative estimate of drug-likeness (QED) is 0.691. The summed E-state index contributed by atoms with van der Waals surface area (Å²) in [6.07, 6.45) is 1.65. The summed E-state index contributed by atoms with van der Waals surface area (Å²) < 4.78 is 4.99. The number of Topliss-reactive ketones (excluding diaryl/α,β-unsaturated/α-hetero) is 1. The fourth-order valence-electron chi connectivity index (χ4n) is 1.66. The van der Waals surface area contributed by atoms with Crippen molar-refractivity contribution in [2.24, 2.45) is 0 Å². The lowest BCUT2D eigenvalue weighted by atomic mass is 10.2. The van der Waals surface area contributed by atoms with Crippen molar-refractivity contribution in [3.63, 3.8) is 0 Å². The van der Waals surface area contributed by atoms with E-state index >= 15 is 0 Å². The first kappa shape index (κ1) is 10.6. The molecule has 1 saturated heterocycles. The predicted molar refractivity (Wildman–Crippen MR) is 55.8 cm³/mol. The molecule has 1 amide bonds. The van der Waals surface area contributed by atoms with Crippen molar-refractivity contribution >= 4 is 11.7 Å². The third-order valence-electron chi connectivity index (χ3n) is 2.45. The van der Waals surface area contributed by atoms with Crippen LogP contribution in [0.3, 0.4) is 0 Å². The van der Waals surface area contributed by atoms with Crippen LogP contribution >= 0.6 is 0 Å². The lowest BCUT2D eigenvalue weighted by molar-refractivity contribution is -0.128. The fourth-order valence-corrected chi connectivity index (χ4v) is 1.66. The highest BCUT2D eigenvalue weighted by atomic mass is 16.5. The zero-order valence-electron chi connectivity index (χ0n) is 8.97. The molecule has 0 aliphatic carbocycles. The number of methoxy groups -OCH3 is 1. The number of hydrogen-bond acceptors (Lipinski definition) is 4. The number of carbonyl (C=O) groups excluding carboxylic acids is 2. The molecule has 2 rings (SSSR count). The molecule has 0 aromatic carbocycles. The second-order valence-corrected chi connectivity index (χ2v) is 3.67. The lowest BCUT2D eigenvalue weighted by Crippen LogP contribution is -2.24. The summed E-state index contributed by atoms with van der Waals surface area (Å²) in [5, 5.41) is 0. The van der Waals surface area contributed by atoms with Crippen LogP contribution in [0.2, 0.25) is 0 Å². The molecule has 16 heavy (non-hydrogen) atoms. The van der Waals surface area contributed by atoms with Gasteiger partial charge in [-0.1, -0.05) is 0 Å². The average molecular weight is 220 g/mol. The summed E-state index contributed by atoms with van der Waals surface area (Å²) in [5.41, 5.74) is 0.912. The maximum Gasteiger partial charge on any atom is 0.230 e. The molecule has 0 spiro atoms. The highest BCUT2D eigenvalue weighted by molar-refractivity contribution is 6.05. The number of rotatable bonds is 3. The van der Waals surface area contributed by atoms with E-state index in [0.29, 0.717) is 12.4 Å². The van der Waals surface area contributed by atoms with Gasteiger partial charge in [-0.15, -0.1) is 0 Å². The molecular formula is C11H12N2O3. The monoisotopic (exact) mass is 220 g/mol. The topological polar surface area (TPSA) is 59.5 Å². The normalized spacial score (nSPS) is 15.7.